The molecular weight excluding hydrogens is 316 g/mol. The van der Waals surface area contributed by atoms with E-state index in [0.29, 0.717) is 18.0 Å². The third-order valence-corrected chi connectivity index (χ3v) is 4.58. The molecule has 6 heteroatoms. The number of aliphatic carboxylic acids is 1. The minimum absolute atomic E-state index is 0.0450. The molecule has 1 N–H and O–H groups in total. The smallest absolute Gasteiger partial charge is 0.317 e. The van der Waals surface area contributed by atoms with Crippen molar-refractivity contribution in [3.63, 3.8) is 0 Å². The highest BCUT2D eigenvalue weighted by molar-refractivity contribution is 6.30. The SMILES string of the molecule is CN(CC(=O)O)C1CCCN(C(=O)Cc2ccc(Cl)cc2)CC1. The quantitative estimate of drug-likeness (QED) is 0.894. The molecule has 0 spiro atoms. The Morgan fingerprint density at radius 2 is 1.96 bits per heavy atom. The van der Waals surface area contributed by atoms with Gasteiger partial charge in [0, 0.05) is 24.2 Å². The molecule has 23 heavy (non-hydrogen) atoms. The first kappa shape index (κ1) is 17.8. The molecule has 1 fully saturated rings. The van der Waals surface area contributed by atoms with E-state index in [1.54, 1.807) is 12.1 Å². The van der Waals surface area contributed by atoms with Crippen molar-refractivity contribution >= 4 is 23.5 Å². The van der Waals surface area contributed by atoms with Gasteiger partial charge in [-0.2, -0.15) is 0 Å². The van der Waals surface area contributed by atoms with Gasteiger partial charge < -0.3 is 10.0 Å². The van der Waals surface area contributed by atoms with Gasteiger partial charge in [-0.25, -0.2) is 0 Å². The summed E-state index contributed by atoms with van der Waals surface area (Å²) in [6, 6.07) is 7.56. The van der Waals surface area contributed by atoms with Crippen LogP contribution in [0.25, 0.3) is 0 Å². The highest BCUT2D eigenvalue weighted by Crippen LogP contribution is 2.17. The molecule has 1 saturated heterocycles. The summed E-state index contributed by atoms with van der Waals surface area (Å²) in [6.45, 7) is 1.47. The van der Waals surface area contributed by atoms with Gasteiger partial charge in [-0.05, 0) is 44.0 Å². The molecule has 2 rings (SSSR count). The molecule has 1 atom stereocenters. The summed E-state index contributed by atoms with van der Waals surface area (Å²) >= 11 is 5.86. The first-order valence-electron chi connectivity index (χ1n) is 7.90. The molecule has 1 amide bonds. The van der Waals surface area contributed by atoms with Crippen LogP contribution in [0.1, 0.15) is 24.8 Å². The maximum absolute atomic E-state index is 12.4. The number of likely N-dealkylation sites (tertiary alicyclic amines) is 1. The van der Waals surface area contributed by atoms with Crippen LogP contribution in [0.3, 0.4) is 0 Å². The van der Waals surface area contributed by atoms with Gasteiger partial charge in [0.05, 0.1) is 13.0 Å². The number of benzene rings is 1. The second-order valence-corrected chi connectivity index (χ2v) is 6.51. The maximum Gasteiger partial charge on any atom is 0.317 e. The van der Waals surface area contributed by atoms with E-state index in [4.69, 9.17) is 16.7 Å². The normalized spacial score (nSPS) is 18.7. The van der Waals surface area contributed by atoms with E-state index < -0.39 is 5.97 Å². The lowest BCUT2D eigenvalue weighted by atomic mass is 10.1. The van der Waals surface area contributed by atoms with Gasteiger partial charge in [-0.1, -0.05) is 23.7 Å². The average molecular weight is 339 g/mol. The summed E-state index contributed by atoms with van der Waals surface area (Å²) in [6.07, 6.45) is 3.03. The largest absolute Gasteiger partial charge is 0.480 e. The minimum Gasteiger partial charge on any atom is -0.480 e. The van der Waals surface area contributed by atoms with Crippen LogP contribution in [-0.2, 0) is 16.0 Å². The topological polar surface area (TPSA) is 60.9 Å². The van der Waals surface area contributed by atoms with E-state index in [1.807, 2.05) is 29.0 Å². The fourth-order valence-corrected chi connectivity index (χ4v) is 3.13. The summed E-state index contributed by atoms with van der Waals surface area (Å²) in [7, 11) is 1.84. The second kappa shape index (κ2) is 8.31. The van der Waals surface area contributed by atoms with Gasteiger partial charge in [0.25, 0.3) is 0 Å². The van der Waals surface area contributed by atoms with Crippen molar-refractivity contribution in [1.82, 2.24) is 9.80 Å². The molecule has 0 aliphatic carbocycles. The van der Waals surface area contributed by atoms with Crippen molar-refractivity contribution in [3.8, 4) is 0 Å². The number of nitrogens with zero attached hydrogens (tertiary/aromatic N) is 2. The van der Waals surface area contributed by atoms with Gasteiger partial charge in [-0.15, -0.1) is 0 Å². The lowest BCUT2D eigenvalue weighted by molar-refractivity contribution is -0.138. The van der Waals surface area contributed by atoms with Crippen molar-refractivity contribution < 1.29 is 14.7 Å². The molecule has 0 radical (unpaired) electrons. The predicted molar refractivity (Wildman–Crippen MR) is 89.6 cm³/mol. The van der Waals surface area contributed by atoms with Crippen LogP contribution in [0.2, 0.25) is 5.02 Å². The van der Waals surface area contributed by atoms with Crippen molar-refractivity contribution in [1.29, 1.82) is 0 Å². The number of rotatable bonds is 5. The van der Waals surface area contributed by atoms with E-state index in [2.05, 4.69) is 0 Å². The number of hydrogen-bond acceptors (Lipinski definition) is 3. The van der Waals surface area contributed by atoms with Crippen molar-refractivity contribution in [2.45, 2.75) is 31.7 Å². The molecule has 0 aromatic heterocycles. The number of carbonyl (C=O) groups is 2. The Labute approximate surface area is 141 Å². The molecule has 0 bridgehead atoms. The van der Waals surface area contributed by atoms with E-state index in [1.165, 1.54) is 0 Å². The third kappa shape index (κ3) is 5.52. The Hall–Kier alpha value is -1.59. The average Bonchev–Trinajstić information content (AvgIpc) is 2.75. The molecule has 1 unspecified atom stereocenters. The number of halogens is 1. The second-order valence-electron chi connectivity index (χ2n) is 6.08. The lowest BCUT2D eigenvalue weighted by Crippen LogP contribution is -2.37. The first-order valence-corrected chi connectivity index (χ1v) is 8.28. The van der Waals surface area contributed by atoms with Gasteiger partial charge in [0.15, 0.2) is 0 Å². The summed E-state index contributed by atoms with van der Waals surface area (Å²) in [5.41, 5.74) is 0.961. The molecular formula is C17H23ClN2O3. The van der Waals surface area contributed by atoms with Crippen LogP contribution in [-0.4, -0.2) is 59.5 Å². The van der Waals surface area contributed by atoms with Crippen LogP contribution in [0.15, 0.2) is 24.3 Å². The summed E-state index contributed by atoms with van der Waals surface area (Å²) < 4.78 is 0. The number of carboxylic acids is 1. The van der Waals surface area contributed by atoms with E-state index in [0.717, 1.165) is 31.4 Å². The number of hydrogen-bond donors (Lipinski definition) is 1. The Morgan fingerprint density at radius 1 is 1.26 bits per heavy atom. The highest BCUT2D eigenvalue weighted by atomic mass is 35.5. The molecule has 1 heterocycles. The maximum atomic E-state index is 12.4. The third-order valence-electron chi connectivity index (χ3n) is 4.33. The van der Waals surface area contributed by atoms with E-state index >= 15 is 0 Å². The first-order chi connectivity index (χ1) is 11.0. The van der Waals surface area contributed by atoms with Crippen molar-refractivity contribution in [3.05, 3.63) is 34.9 Å². The van der Waals surface area contributed by atoms with E-state index in [-0.39, 0.29) is 18.5 Å². The minimum atomic E-state index is -0.813. The van der Waals surface area contributed by atoms with Crippen LogP contribution in [0.4, 0.5) is 0 Å². The molecule has 126 valence electrons. The molecule has 5 nitrogen and oxygen atoms in total. The molecule has 1 aromatic rings. The molecule has 1 aliphatic heterocycles. The summed E-state index contributed by atoms with van der Waals surface area (Å²) in [5.74, 6) is -0.693. The van der Waals surface area contributed by atoms with Gasteiger partial charge in [-0.3, -0.25) is 14.5 Å². The fourth-order valence-electron chi connectivity index (χ4n) is 3.00. The number of carbonyl (C=O) groups excluding carboxylic acids is 1. The van der Waals surface area contributed by atoms with Crippen LogP contribution < -0.4 is 0 Å². The number of carboxylic acid groups (broad SMARTS) is 1. The fraction of sp³-hybridized carbons (Fsp3) is 0.529. The van der Waals surface area contributed by atoms with Crippen LogP contribution in [0.5, 0.6) is 0 Å². The molecule has 1 aromatic carbocycles. The van der Waals surface area contributed by atoms with E-state index in [9.17, 15) is 9.59 Å². The predicted octanol–water partition coefficient (Wildman–Crippen LogP) is 2.28. The Bertz CT molecular complexity index is 547. The molecule has 0 saturated carbocycles. The standard InChI is InChI=1S/C17H23ClN2O3/c1-19(12-17(22)23)15-3-2-9-20(10-8-15)16(21)11-13-4-6-14(18)7-5-13/h4-7,15H,2-3,8-12H2,1H3,(H,22,23). The Kier molecular flexibility index (Phi) is 6.42. The van der Waals surface area contributed by atoms with Gasteiger partial charge >= 0.3 is 5.97 Å². The van der Waals surface area contributed by atoms with Crippen LogP contribution in [0, 0.1) is 0 Å². The monoisotopic (exact) mass is 338 g/mol. The van der Waals surface area contributed by atoms with Gasteiger partial charge in [0.1, 0.15) is 0 Å². The highest BCUT2D eigenvalue weighted by Gasteiger charge is 2.23. The van der Waals surface area contributed by atoms with Crippen molar-refractivity contribution in [2.24, 2.45) is 0 Å². The zero-order valence-electron chi connectivity index (χ0n) is 13.4. The Balaban J connectivity index is 1.88. The zero-order chi connectivity index (χ0) is 16.8. The summed E-state index contributed by atoms with van der Waals surface area (Å²) in [4.78, 5) is 27.0. The summed E-state index contributed by atoms with van der Waals surface area (Å²) in [5, 5.41) is 9.56. The number of likely N-dealkylation sites (N-methyl/N-ethyl adjacent to an activating group) is 1. The van der Waals surface area contributed by atoms with Crippen LogP contribution >= 0.6 is 11.6 Å². The lowest BCUT2D eigenvalue weighted by Gasteiger charge is -2.25. The Morgan fingerprint density at radius 3 is 2.61 bits per heavy atom. The van der Waals surface area contributed by atoms with Crippen molar-refractivity contribution in [2.75, 3.05) is 26.7 Å². The number of amides is 1. The molecule has 1 aliphatic rings. The van der Waals surface area contributed by atoms with Gasteiger partial charge in [0.2, 0.25) is 5.91 Å². The zero-order valence-corrected chi connectivity index (χ0v) is 14.1.